The molecule has 1 aliphatic heterocycles. The average Bonchev–Trinajstić information content (AvgIpc) is 2.84. The van der Waals surface area contributed by atoms with E-state index in [-0.39, 0.29) is 12.0 Å². The van der Waals surface area contributed by atoms with Crippen LogP contribution in [0.4, 0.5) is 5.69 Å². The number of para-hydroxylation sites is 1. The Morgan fingerprint density at radius 2 is 1.92 bits per heavy atom. The molecule has 5 heteroatoms. The summed E-state index contributed by atoms with van der Waals surface area (Å²) in [6.07, 6.45) is 1.91. The number of rotatable bonds is 4. The van der Waals surface area contributed by atoms with Gasteiger partial charge >= 0.3 is 0 Å². The number of hydrogen-bond acceptors (Lipinski definition) is 3. The number of hydrazone groups is 1. The first kappa shape index (κ1) is 17.4. The van der Waals surface area contributed by atoms with Crippen LogP contribution >= 0.6 is 15.9 Å². The number of halogens is 1. The topological polar surface area (TPSA) is 41.9 Å². The van der Waals surface area contributed by atoms with E-state index in [0.29, 0.717) is 11.3 Å². The maximum atomic E-state index is 12.9. The summed E-state index contributed by atoms with van der Waals surface area (Å²) < 4.78 is 6.74. The number of ether oxygens (including phenoxy) is 1. The predicted octanol–water partition coefficient (Wildman–Crippen LogP) is 5.04. The van der Waals surface area contributed by atoms with Crippen molar-refractivity contribution >= 4 is 39.3 Å². The van der Waals surface area contributed by atoms with Gasteiger partial charge in [0.2, 0.25) is 0 Å². The molecule has 25 heavy (non-hydrogen) atoms. The second-order valence-corrected chi connectivity index (χ2v) is 6.96. The lowest BCUT2D eigenvalue weighted by Gasteiger charge is -2.13. The van der Waals surface area contributed by atoms with Crippen LogP contribution in [0.2, 0.25) is 0 Å². The molecular formula is C20H19BrN2O2. The van der Waals surface area contributed by atoms with E-state index >= 15 is 0 Å². The molecule has 0 radical (unpaired) electrons. The Balaban J connectivity index is 1.96. The van der Waals surface area contributed by atoms with Gasteiger partial charge in [0.1, 0.15) is 5.75 Å². The molecule has 3 rings (SSSR count). The van der Waals surface area contributed by atoms with Gasteiger partial charge in [0.15, 0.2) is 0 Å². The van der Waals surface area contributed by atoms with Gasteiger partial charge in [-0.05, 0) is 51.1 Å². The highest BCUT2D eigenvalue weighted by molar-refractivity contribution is 9.10. The summed E-state index contributed by atoms with van der Waals surface area (Å²) in [5.74, 6) is 0.612. The SMILES string of the molecule is CC1=NN(c2cccc(Br)c2)C(=O)/C1=C/c1ccccc1OC(C)C. The van der Waals surface area contributed by atoms with Gasteiger partial charge in [0.25, 0.3) is 5.91 Å². The summed E-state index contributed by atoms with van der Waals surface area (Å²) in [5, 5.41) is 5.85. The second-order valence-electron chi connectivity index (χ2n) is 6.04. The Labute approximate surface area is 155 Å². The Morgan fingerprint density at radius 3 is 2.64 bits per heavy atom. The number of carbonyl (C=O) groups is 1. The molecule has 2 aromatic carbocycles. The van der Waals surface area contributed by atoms with Crippen molar-refractivity contribution in [1.82, 2.24) is 0 Å². The molecule has 0 spiro atoms. The Bertz CT molecular complexity index is 872. The normalized spacial score (nSPS) is 15.9. The third-order valence-electron chi connectivity index (χ3n) is 3.70. The lowest BCUT2D eigenvalue weighted by atomic mass is 10.1. The van der Waals surface area contributed by atoms with E-state index in [2.05, 4.69) is 21.0 Å². The van der Waals surface area contributed by atoms with Crippen molar-refractivity contribution in [3.8, 4) is 5.75 Å². The lowest BCUT2D eigenvalue weighted by Crippen LogP contribution is -2.21. The van der Waals surface area contributed by atoms with Gasteiger partial charge < -0.3 is 4.74 Å². The molecular weight excluding hydrogens is 380 g/mol. The number of benzene rings is 2. The van der Waals surface area contributed by atoms with Gasteiger partial charge in [-0.25, -0.2) is 0 Å². The standard InChI is InChI=1S/C20H19BrN2O2/c1-13(2)25-19-10-5-4-7-15(19)11-18-14(3)22-23(20(18)24)17-9-6-8-16(21)12-17/h4-13H,1-3H3/b18-11+. The van der Waals surface area contributed by atoms with Crippen molar-refractivity contribution in [3.05, 3.63) is 64.1 Å². The molecule has 0 N–H and O–H groups in total. The second kappa shape index (κ2) is 7.23. The summed E-state index contributed by atoms with van der Waals surface area (Å²) in [5.41, 5.74) is 2.85. The van der Waals surface area contributed by atoms with Gasteiger partial charge in [-0.3, -0.25) is 4.79 Å². The molecule has 0 bridgehead atoms. The summed E-state index contributed by atoms with van der Waals surface area (Å²) >= 11 is 3.43. The highest BCUT2D eigenvalue weighted by atomic mass is 79.9. The number of hydrogen-bond donors (Lipinski definition) is 0. The molecule has 1 aliphatic rings. The number of carbonyl (C=O) groups excluding carboxylic acids is 1. The molecule has 128 valence electrons. The number of amides is 1. The van der Waals surface area contributed by atoms with Gasteiger partial charge in [0, 0.05) is 10.0 Å². The molecule has 0 saturated carbocycles. The highest BCUT2D eigenvalue weighted by Crippen LogP contribution is 2.29. The fourth-order valence-electron chi connectivity index (χ4n) is 2.58. The largest absolute Gasteiger partial charge is 0.490 e. The molecule has 2 aromatic rings. The fraction of sp³-hybridized carbons (Fsp3) is 0.200. The van der Waals surface area contributed by atoms with Gasteiger partial charge in [-0.2, -0.15) is 10.1 Å². The molecule has 0 unspecified atom stereocenters. The van der Waals surface area contributed by atoms with Crippen LogP contribution in [-0.4, -0.2) is 17.7 Å². The maximum absolute atomic E-state index is 12.9. The zero-order chi connectivity index (χ0) is 18.0. The van der Waals surface area contributed by atoms with Crippen LogP contribution < -0.4 is 9.75 Å². The Kier molecular flexibility index (Phi) is 5.04. The molecule has 1 heterocycles. The van der Waals surface area contributed by atoms with E-state index in [1.807, 2.05) is 75.4 Å². The smallest absolute Gasteiger partial charge is 0.280 e. The Hall–Kier alpha value is -2.40. The molecule has 1 amide bonds. The first-order valence-electron chi connectivity index (χ1n) is 8.08. The van der Waals surface area contributed by atoms with Crippen molar-refractivity contribution in [2.45, 2.75) is 26.9 Å². The first-order valence-corrected chi connectivity index (χ1v) is 8.88. The highest BCUT2D eigenvalue weighted by Gasteiger charge is 2.29. The minimum atomic E-state index is -0.144. The zero-order valence-corrected chi connectivity index (χ0v) is 15.9. The molecule has 0 saturated heterocycles. The maximum Gasteiger partial charge on any atom is 0.280 e. The molecule has 0 aliphatic carbocycles. The molecule has 4 nitrogen and oxygen atoms in total. The Morgan fingerprint density at radius 1 is 1.16 bits per heavy atom. The number of anilines is 1. The predicted molar refractivity (Wildman–Crippen MR) is 105 cm³/mol. The van der Waals surface area contributed by atoms with E-state index in [1.165, 1.54) is 5.01 Å². The van der Waals surface area contributed by atoms with Crippen molar-refractivity contribution < 1.29 is 9.53 Å². The minimum absolute atomic E-state index is 0.0618. The van der Waals surface area contributed by atoms with Crippen LogP contribution in [0.5, 0.6) is 5.75 Å². The zero-order valence-electron chi connectivity index (χ0n) is 14.4. The molecule has 0 fully saturated rings. The van der Waals surface area contributed by atoms with E-state index in [1.54, 1.807) is 0 Å². The first-order chi connectivity index (χ1) is 12.0. The minimum Gasteiger partial charge on any atom is -0.490 e. The summed E-state index contributed by atoms with van der Waals surface area (Å²) in [4.78, 5) is 12.9. The van der Waals surface area contributed by atoms with Crippen molar-refractivity contribution in [1.29, 1.82) is 0 Å². The van der Waals surface area contributed by atoms with E-state index in [9.17, 15) is 4.79 Å². The average molecular weight is 399 g/mol. The van der Waals surface area contributed by atoms with Gasteiger partial charge in [0.05, 0.1) is 23.1 Å². The monoisotopic (exact) mass is 398 g/mol. The van der Waals surface area contributed by atoms with Gasteiger partial charge in [-0.1, -0.05) is 40.2 Å². The molecule has 0 atom stereocenters. The van der Waals surface area contributed by atoms with E-state index in [0.717, 1.165) is 21.5 Å². The van der Waals surface area contributed by atoms with Crippen molar-refractivity contribution in [2.24, 2.45) is 5.10 Å². The van der Waals surface area contributed by atoms with Crippen LogP contribution in [0.1, 0.15) is 26.3 Å². The summed E-state index contributed by atoms with van der Waals surface area (Å²) in [6, 6.07) is 15.2. The summed E-state index contributed by atoms with van der Waals surface area (Å²) in [7, 11) is 0. The molecule has 0 aromatic heterocycles. The third-order valence-corrected chi connectivity index (χ3v) is 4.19. The van der Waals surface area contributed by atoms with Crippen LogP contribution in [0, 0.1) is 0 Å². The van der Waals surface area contributed by atoms with Crippen molar-refractivity contribution in [2.75, 3.05) is 5.01 Å². The fourth-order valence-corrected chi connectivity index (χ4v) is 2.97. The number of nitrogens with zero attached hydrogens (tertiary/aromatic N) is 2. The van der Waals surface area contributed by atoms with Gasteiger partial charge in [-0.15, -0.1) is 0 Å². The van der Waals surface area contributed by atoms with Crippen molar-refractivity contribution in [3.63, 3.8) is 0 Å². The lowest BCUT2D eigenvalue weighted by molar-refractivity contribution is -0.114. The van der Waals surface area contributed by atoms with Crippen LogP contribution in [-0.2, 0) is 4.79 Å². The summed E-state index contributed by atoms with van der Waals surface area (Å²) in [6.45, 7) is 5.80. The van der Waals surface area contributed by atoms with E-state index < -0.39 is 0 Å². The van der Waals surface area contributed by atoms with Crippen LogP contribution in [0.3, 0.4) is 0 Å². The third kappa shape index (κ3) is 3.82. The van der Waals surface area contributed by atoms with Crippen LogP contribution in [0.25, 0.3) is 6.08 Å². The van der Waals surface area contributed by atoms with E-state index in [4.69, 9.17) is 4.74 Å². The quantitative estimate of drug-likeness (QED) is 0.676. The van der Waals surface area contributed by atoms with Crippen LogP contribution in [0.15, 0.2) is 63.7 Å².